The first-order valence-corrected chi connectivity index (χ1v) is 9.73. The number of anilines is 1. The molecule has 0 fully saturated rings. The lowest BCUT2D eigenvalue weighted by Crippen LogP contribution is -2.45. The highest BCUT2D eigenvalue weighted by Crippen LogP contribution is 2.28. The minimum Gasteiger partial charge on any atom is -0.300 e. The maximum atomic E-state index is 12.6. The van der Waals surface area contributed by atoms with Crippen molar-refractivity contribution in [1.29, 1.82) is 0 Å². The fraction of sp³-hybridized carbons (Fsp3) is 0.100. The Kier molecular flexibility index (Phi) is 4.84. The third kappa shape index (κ3) is 3.33. The van der Waals surface area contributed by atoms with Gasteiger partial charge in [-0.05, 0) is 31.2 Å². The molecule has 0 spiro atoms. The van der Waals surface area contributed by atoms with E-state index >= 15 is 0 Å². The van der Waals surface area contributed by atoms with Gasteiger partial charge >= 0.3 is 0 Å². The van der Waals surface area contributed by atoms with Crippen LogP contribution in [0.4, 0.5) is 10.8 Å². The van der Waals surface area contributed by atoms with Crippen LogP contribution in [0.25, 0.3) is 11.3 Å². The maximum absolute atomic E-state index is 12.6. The summed E-state index contributed by atoms with van der Waals surface area (Å²) in [4.78, 5) is 53.2. The van der Waals surface area contributed by atoms with E-state index in [4.69, 9.17) is 0 Å². The number of carbonyl (C=O) groups is 3. The molecule has 0 saturated carbocycles. The monoisotopic (exact) mass is 422 g/mol. The number of nitrogens with zero attached hydrogens (tertiary/aromatic N) is 3. The summed E-state index contributed by atoms with van der Waals surface area (Å²) in [5.41, 5.74) is 1.72. The summed E-state index contributed by atoms with van der Waals surface area (Å²) in [6.45, 7) is 1.47. The Morgan fingerprint density at radius 2 is 1.70 bits per heavy atom. The molecule has 1 aromatic heterocycles. The van der Waals surface area contributed by atoms with Gasteiger partial charge in [-0.2, -0.15) is 0 Å². The molecule has 2 aromatic carbocycles. The van der Waals surface area contributed by atoms with Crippen LogP contribution in [0, 0.1) is 10.1 Å². The Morgan fingerprint density at radius 3 is 2.27 bits per heavy atom. The van der Waals surface area contributed by atoms with E-state index < -0.39 is 28.7 Å². The predicted molar refractivity (Wildman–Crippen MR) is 109 cm³/mol. The highest BCUT2D eigenvalue weighted by Gasteiger charge is 2.40. The van der Waals surface area contributed by atoms with E-state index in [1.54, 1.807) is 41.8 Å². The molecule has 150 valence electrons. The van der Waals surface area contributed by atoms with Crippen molar-refractivity contribution in [3.05, 3.63) is 75.2 Å². The summed E-state index contributed by atoms with van der Waals surface area (Å²) in [6, 6.07) is 11.3. The van der Waals surface area contributed by atoms with Crippen molar-refractivity contribution in [2.45, 2.75) is 13.0 Å². The molecule has 3 amide bonds. The molecular weight excluding hydrogens is 408 g/mol. The van der Waals surface area contributed by atoms with Crippen LogP contribution in [0.1, 0.15) is 27.6 Å². The molecule has 1 aliphatic heterocycles. The number of fused-ring (bicyclic) bond motifs is 1. The SMILES string of the molecule is CC(C(=O)Nc1nc(-c2ccc([N+](=O)[O-])cc2)cs1)N1C(=O)c2ccccc2C1=O. The number of nitro groups is 1. The highest BCUT2D eigenvalue weighted by atomic mass is 32.1. The molecule has 0 bridgehead atoms. The Bertz CT molecular complexity index is 1150. The summed E-state index contributed by atoms with van der Waals surface area (Å²) < 4.78 is 0. The van der Waals surface area contributed by atoms with E-state index in [2.05, 4.69) is 10.3 Å². The number of hydrogen-bond donors (Lipinski definition) is 1. The molecule has 1 N–H and O–H groups in total. The zero-order valence-corrected chi connectivity index (χ0v) is 16.4. The van der Waals surface area contributed by atoms with Gasteiger partial charge in [0.25, 0.3) is 17.5 Å². The number of non-ortho nitro benzene ring substituents is 1. The lowest BCUT2D eigenvalue weighted by Gasteiger charge is -2.21. The number of nitro benzene ring substituents is 1. The van der Waals surface area contributed by atoms with Crippen LogP contribution in [-0.2, 0) is 4.79 Å². The first-order valence-electron chi connectivity index (χ1n) is 8.85. The molecule has 9 nitrogen and oxygen atoms in total. The molecule has 30 heavy (non-hydrogen) atoms. The molecule has 0 aliphatic carbocycles. The first-order chi connectivity index (χ1) is 14.4. The van der Waals surface area contributed by atoms with Crippen LogP contribution in [0.15, 0.2) is 53.9 Å². The Morgan fingerprint density at radius 1 is 1.10 bits per heavy atom. The number of hydrogen-bond acceptors (Lipinski definition) is 7. The largest absolute Gasteiger partial charge is 0.300 e. The minimum absolute atomic E-state index is 0.0303. The van der Waals surface area contributed by atoms with Crippen LogP contribution < -0.4 is 5.32 Å². The second-order valence-corrected chi connectivity index (χ2v) is 7.39. The van der Waals surface area contributed by atoms with Gasteiger partial charge in [0.2, 0.25) is 5.91 Å². The third-order valence-corrected chi connectivity index (χ3v) is 5.46. The number of nitrogens with one attached hydrogen (secondary N) is 1. The number of thiazole rings is 1. The number of amides is 3. The third-order valence-electron chi connectivity index (χ3n) is 4.70. The summed E-state index contributed by atoms with van der Waals surface area (Å²) in [5.74, 6) is -1.57. The molecule has 10 heteroatoms. The second-order valence-electron chi connectivity index (χ2n) is 6.53. The van der Waals surface area contributed by atoms with E-state index in [1.165, 1.54) is 30.4 Å². The fourth-order valence-electron chi connectivity index (χ4n) is 3.10. The van der Waals surface area contributed by atoms with Crippen LogP contribution >= 0.6 is 11.3 Å². The number of imide groups is 1. The number of rotatable bonds is 5. The smallest absolute Gasteiger partial charge is 0.269 e. The van der Waals surface area contributed by atoms with Crippen molar-refractivity contribution < 1.29 is 19.3 Å². The van der Waals surface area contributed by atoms with Crippen molar-refractivity contribution in [3.63, 3.8) is 0 Å². The predicted octanol–water partition coefficient (Wildman–Crippen LogP) is 3.34. The fourth-order valence-corrected chi connectivity index (χ4v) is 3.83. The van der Waals surface area contributed by atoms with Gasteiger partial charge in [0.05, 0.1) is 21.7 Å². The van der Waals surface area contributed by atoms with Gasteiger partial charge < -0.3 is 5.32 Å². The Hall–Kier alpha value is -3.92. The minimum atomic E-state index is -1.02. The van der Waals surface area contributed by atoms with Gasteiger partial charge in [-0.25, -0.2) is 4.98 Å². The number of carbonyl (C=O) groups excluding carboxylic acids is 3. The molecule has 1 aliphatic rings. The van der Waals surface area contributed by atoms with Crippen molar-refractivity contribution in [3.8, 4) is 11.3 Å². The van der Waals surface area contributed by atoms with E-state index in [1.807, 2.05) is 0 Å². The molecule has 4 rings (SSSR count). The molecule has 1 atom stereocenters. The zero-order chi connectivity index (χ0) is 21.4. The van der Waals surface area contributed by atoms with Gasteiger partial charge in [-0.3, -0.25) is 29.4 Å². The second kappa shape index (κ2) is 7.48. The van der Waals surface area contributed by atoms with E-state index in [0.29, 0.717) is 11.3 Å². The first kappa shape index (κ1) is 19.4. The van der Waals surface area contributed by atoms with Crippen LogP contribution in [0.2, 0.25) is 0 Å². The standard InChI is InChI=1S/C20H14N4O5S/c1-11(23-18(26)14-4-2-3-5-15(14)19(23)27)17(25)22-20-21-16(10-30-20)12-6-8-13(9-7-12)24(28)29/h2-11H,1H3,(H,21,22,25). The lowest BCUT2D eigenvalue weighted by atomic mass is 10.1. The summed E-state index contributed by atoms with van der Waals surface area (Å²) in [6.07, 6.45) is 0. The average molecular weight is 422 g/mol. The van der Waals surface area contributed by atoms with E-state index in [-0.39, 0.29) is 21.9 Å². The van der Waals surface area contributed by atoms with E-state index in [0.717, 1.165) is 4.90 Å². The molecule has 1 unspecified atom stereocenters. The van der Waals surface area contributed by atoms with Crippen LogP contribution in [0.5, 0.6) is 0 Å². The summed E-state index contributed by atoms with van der Waals surface area (Å²) >= 11 is 1.17. The molecule has 2 heterocycles. The van der Waals surface area contributed by atoms with Crippen molar-refractivity contribution in [2.24, 2.45) is 0 Å². The normalized spacial score (nSPS) is 13.8. The lowest BCUT2D eigenvalue weighted by molar-refractivity contribution is -0.384. The van der Waals surface area contributed by atoms with Gasteiger partial charge in [0.15, 0.2) is 5.13 Å². The molecule has 3 aromatic rings. The van der Waals surface area contributed by atoms with Crippen molar-refractivity contribution in [2.75, 3.05) is 5.32 Å². The average Bonchev–Trinajstić information content (AvgIpc) is 3.31. The van der Waals surface area contributed by atoms with Crippen molar-refractivity contribution in [1.82, 2.24) is 9.88 Å². The quantitative estimate of drug-likeness (QED) is 0.382. The van der Waals surface area contributed by atoms with Crippen molar-refractivity contribution >= 4 is 39.9 Å². The molecular formula is C20H14N4O5S. The zero-order valence-electron chi connectivity index (χ0n) is 15.6. The summed E-state index contributed by atoms with van der Waals surface area (Å²) in [7, 11) is 0. The Labute approximate surface area is 174 Å². The molecule has 0 saturated heterocycles. The topological polar surface area (TPSA) is 123 Å². The van der Waals surface area contributed by atoms with E-state index in [9.17, 15) is 24.5 Å². The number of aromatic nitrogens is 1. The summed E-state index contributed by atoms with van der Waals surface area (Å²) in [5, 5.41) is 15.4. The maximum Gasteiger partial charge on any atom is 0.269 e. The molecule has 0 radical (unpaired) electrons. The van der Waals surface area contributed by atoms with Gasteiger partial charge in [-0.1, -0.05) is 12.1 Å². The number of benzene rings is 2. The van der Waals surface area contributed by atoms with Gasteiger partial charge in [0.1, 0.15) is 6.04 Å². The highest BCUT2D eigenvalue weighted by molar-refractivity contribution is 7.14. The Balaban J connectivity index is 1.48. The van der Waals surface area contributed by atoms with Gasteiger partial charge in [0, 0.05) is 23.1 Å². The van der Waals surface area contributed by atoms with Gasteiger partial charge in [-0.15, -0.1) is 11.3 Å². The van der Waals surface area contributed by atoms with Crippen LogP contribution in [0.3, 0.4) is 0 Å². The van der Waals surface area contributed by atoms with Crippen LogP contribution in [-0.4, -0.2) is 38.6 Å².